The number of nitrogens with one attached hydrogen (secondary N) is 1. The molecule has 1 aromatic heterocycles. The smallest absolute Gasteiger partial charge is 0.176 e. The summed E-state index contributed by atoms with van der Waals surface area (Å²) in [7, 11) is 1.60. The minimum Gasteiger partial charge on any atom is -0.508 e. The first-order chi connectivity index (χ1) is 11.5. The van der Waals surface area contributed by atoms with E-state index in [2.05, 4.69) is 10.2 Å². The molecule has 0 saturated heterocycles. The number of phenolic OH excluding ortho intramolecular Hbond substituents is 2. The molecule has 6 nitrogen and oxygen atoms in total. The molecular weight excluding hydrogens is 308 g/mol. The van der Waals surface area contributed by atoms with Crippen LogP contribution in [0, 0.1) is 13.8 Å². The van der Waals surface area contributed by atoms with Crippen molar-refractivity contribution in [2.45, 2.75) is 13.8 Å². The van der Waals surface area contributed by atoms with Crippen molar-refractivity contribution in [1.29, 1.82) is 0 Å². The first-order valence-electron chi connectivity index (χ1n) is 7.40. The molecule has 0 aliphatic rings. The van der Waals surface area contributed by atoms with Gasteiger partial charge >= 0.3 is 0 Å². The Morgan fingerprint density at radius 3 is 2.29 bits per heavy atom. The van der Waals surface area contributed by atoms with Crippen LogP contribution in [0.3, 0.4) is 0 Å². The Labute approximate surface area is 139 Å². The summed E-state index contributed by atoms with van der Waals surface area (Å²) in [5.74, 6) is 1.87. The first kappa shape index (κ1) is 15.7. The van der Waals surface area contributed by atoms with Gasteiger partial charge in [0.2, 0.25) is 0 Å². The minimum absolute atomic E-state index is 0.0268. The van der Waals surface area contributed by atoms with Crippen molar-refractivity contribution < 1.29 is 19.7 Å². The molecular formula is C18H18N2O4. The summed E-state index contributed by atoms with van der Waals surface area (Å²) in [5, 5.41) is 27.1. The van der Waals surface area contributed by atoms with Crippen LogP contribution in [0.25, 0.3) is 11.3 Å². The zero-order valence-electron chi connectivity index (χ0n) is 13.6. The Bertz CT molecular complexity index is 869. The summed E-state index contributed by atoms with van der Waals surface area (Å²) >= 11 is 0. The van der Waals surface area contributed by atoms with Crippen LogP contribution in [0.4, 0.5) is 0 Å². The van der Waals surface area contributed by atoms with E-state index < -0.39 is 0 Å². The number of aromatic nitrogens is 2. The number of aryl methyl sites for hydroxylation is 1. The van der Waals surface area contributed by atoms with E-state index in [-0.39, 0.29) is 11.5 Å². The lowest BCUT2D eigenvalue weighted by Gasteiger charge is -2.10. The van der Waals surface area contributed by atoms with Gasteiger partial charge in [-0.15, -0.1) is 0 Å². The van der Waals surface area contributed by atoms with Gasteiger partial charge in [0, 0.05) is 11.1 Å². The third-order valence-corrected chi connectivity index (χ3v) is 3.83. The molecule has 2 aromatic carbocycles. The monoisotopic (exact) mass is 326 g/mol. The van der Waals surface area contributed by atoms with Crippen LogP contribution in [0.1, 0.15) is 11.3 Å². The average molecular weight is 326 g/mol. The predicted molar refractivity (Wildman–Crippen MR) is 89.9 cm³/mol. The minimum atomic E-state index is -0.0268. The van der Waals surface area contributed by atoms with Crippen LogP contribution in [-0.2, 0) is 0 Å². The van der Waals surface area contributed by atoms with Crippen LogP contribution in [-0.4, -0.2) is 27.5 Å². The van der Waals surface area contributed by atoms with E-state index in [4.69, 9.17) is 9.47 Å². The lowest BCUT2D eigenvalue weighted by molar-refractivity contribution is 0.413. The Hall–Kier alpha value is -3.15. The quantitative estimate of drug-likeness (QED) is 0.676. The topological polar surface area (TPSA) is 87.6 Å². The molecule has 124 valence electrons. The fraction of sp³-hybridized carbons (Fsp3) is 0.167. The molecule has 1 heterocycles. The second kappa shape index (κ2) is 6.16. The lowest BCUT2D eigenvalue weighted by atomic mass is 10.1. The van der Waals surface area contributed by atoms with Crippen molar-refractivity contribution in [2.24, 2.45) is 0 Å². The highest BCUT2D eigenvalue weighted by molar-refractivity contribution is 5.76. The van der Waals surface area contributed by atoms with Crippen LogP contribution < -0.4 is 9.47 Å². The van der Waals surface area contributed by atoms with E-state index in [0.717, 1.165) is 11.4 Å². The Morgan fingerprint density at radius 1 is 0.958 bits per heavy atom. The normalized spacial score (nSPS) is 10.6. The number of aromatic hydroxyl groups is 2. The number of ether oxygens (including phenoxy) is 2. The highest BCUT2D eigenvalue weighted by Gasteiger charge is 2.19. The molecule has 0 spiro atoms. The molecule has 3 rings (SSSR count). The van der Waals surface area contributed by atoms with E-state index in [0.29, 0.717) is 28.3 Å². The molecule has 3 N–H and O–H groups in total. The molecule has 0 unspecified atom stereocenters. The van der Waals surface area contributed by atoms with Gasteiger partial charge in [-0.2, -0.15) is 5.10 Å². The largest absolute Gasteiger partial charge is 0.508 e. The van der Waals surface area contributed by atoms with Gasteiger partial charge in [-0.1, -0.05) is 0 Å². The van der Waals surface area contributed by atoms with Gasteiger partial charge in [-0.05, 0) is 50.2 Å². The summed E-state index contributed by atoms with van der Waals surface area (Å²) in [6, 6.07) is 10.3. The van der Waals surface area contributed by atoms with E-state index >= 15 is 0 Å². The van der Waals surface area contributed by atoms with Crippen molar-refractivity contribution >= 4 is 0 Å². The van der Waals surface area contributed by atoms with Gasteiger partial charge in [0.05, 0.1) is 12.8 Å². The summed E-state index contributed by atoms with van der Waals surface area (Å²) in [4.78, 5) is 0. The highest BCUT2D eigenvalue weighted by Crippen LogP contribution is 2.41. The van der Waals surface area contributed by atoms with Crippen LogP contribution in [0.15, 0.2) is 36.4 Å². The summed E-state index contributed by atoms with van der Waals surface area (Å²) < 4.78 is 11.1. The number of hydrogen-bond acceptors (Lipinski definition) is 5. The maximum absolute atomic E-state index is 10.3. The average Bonchev–Trinajstić information content (AvgIpc) is 2.94. The Kier molecular flexibility index (Phi) is 4.04. The number of rotatable bonds is 4. The van der Waals surface area contributed by atoms with E-state index in [1.54, 1.807) is 44.4 Å². The van der Waals surface area contributed by atoms with Crippen molar-refractivity contribution in [1.82, 2.24) is 10.2 Å². The number of H-pyrrole nitrogens is 1. The molecule has 0 bridgehead atoms. The maximum atomic E-state index is 10.3. The zero-order chi connectivity index (χ0) is 17.3. The standard InChI is InChI=1S/C18H18N2O4/c1-10-15(21)9-8-14(17(10)22)16-18(11(2)19-20-16)24-13-6-4-12(23-3)5-7-13/h4-9,21-22H,1-3H3,(H,19,20). The van der Waals surface area contributed by atoms with Crippen molar-refractivity contribution in [2.75, 3.05) is 7.11 Å². The van der Waals surface area contributed by atoms with E-state index in [1.165, 1.54) is 6.07 Å². The zero-order valence-corrected chi connectivity index (χ0v) is 13.6. The second-order valence-corrected chi connectivity index (χ2v) is 5.41. The molecule has 0 aliphatic carbocycles. The molecule has 0 fully saturated rings. The van der Waals surface area contributed by atoms with Gasteiger partial charge in [0.1, 0.15) is 28.7 Å². The molecule has 0 aliphatic heterocycles. The molecule has 0 radical (unpaired) electrons. The highest BCUT2D eigenvalue weighted by atomic mass is 16.5. The van der Waals surface area contributed by atoms with Gasteiger partial charge in [0.15, 0.2) is 5.75 Å². The number of methoxy groups -OCH3 is 1. The van der Waals surface area contributed by atoms with Gasteiger partial charge < -0.3 is 19.7 Å². The third kappa shape index (κ3) is 2.74. The summed E-state index contributed by atoms with van der Waals surface area (Å²) in [6.07, 6.45) is 0. The molecule has 24 heavy (non-hydrogen) atoms. The number of nitrogens with zero attached hydrogens (tertiary/aromatic N) is 1. The van der Waals surface area contributed by atoms with Crippen molar-refractivity contribution in [3.05, 3.63) is 47.7 Å². The lowest BCUT2D eigenvalue weighted by Crippen LogP contribution is -1.90. The van der Waals surface area contributed by atoms with Crippen LogP contribution in [0.5, 0.6) is 28.7 Å². The number of phenols is 2. The molecule has 3 aromatic rings. The molecule has 0 amide bonds. The fourth-order valence-electron chi connectivity index (χ4n) is 2.37. The first-order valence-corrected chi connectivity index (χ1v) is 7.40. The number of hydrogen-bond donors (Lipinski definition) is 3. The van der Waals surface area contributed by atoms with Gasteiger partial charge in [-0.25, -0.2) is 0 Å². The van der Waals surface area contributed by atoms with E-state index in [1.807, 2.05) is 6.92 Å². The number of aromatic amines is 1. The predicted octanol–water partition coefficient (Wildman–Crippen LogP) is 3.91. The Balaban J connectivity index is 2.01. The maximum Gasteiger partial charge on any atom is 0.176 e. The number of benzene rings is 2. The molecule has 6 heteroatoms. The molecule has 0 saturated carbocycles. The summed E-state index contributed by atoms with van der Waals surface area (Å²) in [5.41, 5.74) is 2.08. The van der Waals surface area contributed by atoms with E-state index in [9.17, 15) is 10.2 Å². The summed E-state index contributed by atoms with van der Waals surface area (Å²) in [6.45, 7) is 3.47. The fourth-order valence-corrected chi connectivity index (χ4v) is 2.37. The van der Waals surface area contributed by atoms with Crippen LogP contribution in [0.2, 0.25) is 0 Å². The van der Waals surface area contributed by atoms with Crippen molar-refractivity contribution in [3.63, 3.8) is 0 Å². The van der Waals surface area contributed by atoms with Gasteiger partial charge in [0.25, 0.3) is 0 Å². The molecule has 0 atom stereocenters. The van der Waals surface area contributed by atoms with Gasteiger partial charge in [-0.3, -0.25) is 5.10 Å². The van der Waals surface area contributed by atoms with Crippen molar-refractivity contribution in [3.8, 4) is 40.0 Å². The second-order valence-electron chi connectivity index (χ2n) is 5.41. The van der Waals surface area contributed by atoms with Crippen LogP contribution >= 0.6 is 0 Å². The Morgan fingerprint density at radius 2 is 1.62 bits per heavy atom. The SMILES string of the molecule is COc1ccc(Oc2c(-c3ccc(O)c(C)c3O)n[nH]c2C)cc1. The third-order valence-electron chi connectivity index (χ3n) is 3.83.